The van der Waals surface area contributed by atoms with Gasteiger partial charge in [0.05, 0.1) is 13.2 Å². The number of benzene rings is 1. The molecule has 0 aromatic heterocycles. The molecule has 0 saturated carbocycles. The molecule has 0 amide bonds. The Balaban J connectivity index is 2.30. The molecule has 3 nitrogen and oxygen atoms in total. The molecule has 4 heteroatoms. The van der Waals surface area contributed by atoms with Crippen molar-refractivity contribution in [3.8, 4) is 11.8 Å². The SMILES string of the molecule is COc1ccc(CCNCCCC#N)c(Cl)c1. The van der Waals surface area contributed by atoms with Crippen LogP contribution in [0, 0.1) is 11.3 Å². The summed E-state index contributed by atoms with van der Waals surface area (Å²) in [6.45, 7) is 1.75. The summed E-state index contributed by atoms with van der Waals surface area (Å²) in [4.78, 5) is 0. The highest BCUT2D eigenvalue weighted by molar-refractivity contribution is 6.31. The number of hydrogen-bond donors (Lipinski definition) is 1. The average molecular weight is 253 g/mol. The van der Waals surface area contributed by atoms with Crippen molar-refractivity contribution in [3.05, 3.63) is 28.8 Å². The Kier molecular flexibility index (Phi) is 6.46. The van der Waals surface area contributed by atoms with Crippen LogP contribution in [-0.4, -0.2) is 20.2 Å². The molecule has 0 radical (unpaired) electrons. The zero-order valence-corrected chi connectivity index (χ0v) is 10.8. The number of halogens is 1. The first-order valence-corrected chi connectivity index (χ1v) is 6.06. The number of methoxy groups -OCH3 is 1. The van der Waals surface area contributed by atoms with Crippen LogP contribution in [0.15, 0.2) is 18.2 Å². The monoisotopic (exact) mass is 252 g/mol. The molecule has 1 aromatic carbocycles. The van der Waals surface area contributed by atoms with E-state index in [0.29, 0.717) is 6.42 Å². The Labute approximate surface area is 107 Å². The van der Waals surface area contributed by atoms with Gasteiger partial charge in [0.2, 0.25) is 0 Å². The van der Waals surface area contributed by atoms with E-state index in [-0.39, 0.29) is 0 Å². The fraction of sp³-hybridized carbons (Fsp3) is 0.462. The smallest absolute Gasteiger partial charge is 0.120 e. The van der Waals surface area contributed by atoms with Crippen molar-refractivity contribution >= 4 is 11.6 Å². The molecule has 0 aliphatic heterocycles. The second-order valence-corrected chi connectivity index (χ2v) is 4.13. The van der Waals surface area contributed by atoms with E-state index in [1.54, 1.807) is 7.11 Å². The van der Waals surface area contributed by atoms with Crippen molar-refractivity contribution in [2.24, 2.45) is 0 Å². The van der Waals surface area contributed by atoms with Crippen LogP contribution in [0.25, 0.3) is 0 Å². The van der Waals surface area contributed by atoms with Crippen LogP contribution in [0.5, 0.6) is 5.75 Å². The molecule has 0 heterocycles. The number of nitriles is 1. The first-order chi connectivity index (χ1) is 8.27. The van der Waals surface area contributed by atoms with Gasteiger partial charge in [-0.3, -0.25) is 0 Å². The topological polar surface area (TPSA) is 45.0 Å². The zero-order valence-electron chi connectivity index (χ0n) is 10.0. The van der Waals surface area contributed by atoms with E-state index in [0.717, 1.165) is 42.3 Å². The zero-order chi connectivity index (χ0) is 12.5. The van der Waals surface area contributed by atoms with Crippen LogP contribution in [0.4, 0.5) is 0 Å². The summed E-state index contributed by atoms with van der Waals surface area (Å²) in [5.74, 6) is 0.778. The summed E-state index contributed by atoms with van der Waals surface area (Å²) in [5.41, 5.74) is 1.11. The summed E-state index contributed by atoms with van der Waals surface area (Å²) in [7, 11) is 1.63. The molecule has 0 atom stereocenters. The fourth-order valence-electron chi connectivity index (χ4n) is 1.50. The third kappa shape index (κ3) is 5.08. The number of ether oxygens (including phenoxy) is 1. The van der Waals surface area contributed by atoms with Gasteiger partial charge < -0.3 is 10.1 Å². The van der Waals surface area contributed by atoms with Crippen molar-refractivity contribution in [1.29, 1.82) is 5.26 Å². The van der Waals surface area contributed by atoms with Gasteiger partial charge in [0.15, 0.2) is 0 Å². The van der Waals surface area contributed by atoms with Crippen molar-refractivity contribution in [2.75, 3.05) is 20.2 Å². The lowest BCUT2D eigenvalue weighted by Crippen LogP contribution is -2.18. The van der Waals surface area contributed by atoms with Gasteiger partial charge in [-0.1, -0.05) is 17.7 Å². The van der Waals surface area contributed by atoms with Crippen LogP contribution < -0.4 is 10.1 Å². The van der Waals surface area contributed by atoms with E-state index >= 15 is 0 Å². The van der Waals surface area contributed by atoms with Crippen molar-refractivity contribution in [1.82, 2.24) is 5.32 Å². The lowest BCUT2D eigenvalue weighted by atomic mass is 10.1. The van der Waals surface area contributed by atoms with Gasteiger partial charge in [0, 0.05) is 11.4 Å². The first kappa shape index (κ1) is 13.8. The van der Waals surface area contributed by atoms with Gasteiger partial charge >= 0.3 is 0 Å². The minimum Gasteiger partial charge on any atom is -0.497 e. The summed E-state index contributed by atoms with van der Waals surface area (Å²) >= 11 is 6.12. The fourth-order valence-corrected chi connectivity index (χ4v) is 1.76. The highest BCUT2D eigenvalue weighted by Crippen LogP contribution is 2.22. The Morgan fingerprint density at radius 2 is 2.24 bits per heavy atom. The lowest BCUT2D eigenvalue weighted by molar-refractivity contribution is 0.414. The van der Waals surface area contributed by atoms with Crippen LogP contribution in [0.3, 0.4) is 0 Å². The molecule has 1 aromatic rings. The van der Waals surface area contributed by atoms with E-state index < -0.39 is 0 Å². The van der Waals surface area contributed by atoms with Gasteiger partial charge in [0.25, 0.3) is 0 Å². The van der Waals surface area contributed by atoms with Crippen LogP contribution >= 0.6 is 11.6 Å². The molecule has 17 heavy (non-hydrogen) atoms. The molecule has 1 N–H and O–H groups in total. The molecule has 0 saturated heterocycles. The third-order valence-electron chi connectivity index (χ3n) is 2.47. The second-order valence-electron chi connectivity index (χ2n) is 3.72. The predicted molar refractivity (Wildman–Crippen MR) is 69.4 cm³/mol. The van der Waals surface area contributed by atoms with E-state index in [1.807, 2.05) is 18.2 Å². The van der Waals surface area contributed by atoms with Gasteiger partial charge in [-0.05, 0) is 43.6 Å². The largest absolute Gasteiger partial charge is 0.497 e. The van der Waals surface area contributed by atoms with Crippen molar-refractivity contribution in [3.63, 3.8) is 0 Å². The molecule has 0 fully saturated rings. The standard InChI is InChI=1S/C13H17ClN2O/c1-17-12-5-4-11(13(14)10-12)6-9-16-8-3-2-7-15/h4-5,10,16H,2-3,6,8-9H2,1H3. The predicted octanol–water partition coefficient (Wildman–Crippen LogP) is 2.78. The maximum atomic E-state index is 8.38. The number of nitrogens with zero attached hydrogens (tertiary/aromatic N) is 1. The van der Waals surface area contributed by atoms with E-state index in [2.05, 4.69) is 11.4 Å². The number of nitrogens with one attached hydrogen (secondary N) is 1. The van der Waals surface area contributed by atoms with Gasteiger partial charge in [-0.2, -0.15) is 5.26 Å². The molecule has 0 aliphatic carbocycles. The summed E-state index contributed by atoms with van der Waals surface area (Å²) in [5, 5.41) is 12.4. The summed E-state index contributed by atoms with van der Waals surface area (Å²) in [6, 6.07) is 7.85. The molecule has 1 rings (SSSR count). The Hall–Kier alpha value is -1.24. The van der Waals surface area contributed by atoms with Gasteiger partial charge in [0.1, 0.15) is 5.75 Å². The minimum absolute atomic E-state index is 0.607. The van der Waals surface area contributed by atoms with E-state index in [9.17, 15) is 0 Å². The molecule has 0 spiro atoms. The number of rotatable bonds is 7. The normalized spacial score (nSPS) is 9.94. The molecule has 0 bridgehead atoms. The quantitative estimate of drug-likeness (QED) is 0.759. The third-order valence-corrected chi connectivity index (χ3v) is 2.83. The van der Waals surface area contributed by atoms with Crippen molar-refractivity contribution < 1.29 is 4.74 Å². The van der Waals surface area contributed by atoms with Gasteiger partial charge in [-0.15, -0.1) is 0 Å². The van der Waals surface area contributed by atoms with Crippen molar-refractivity contribution in [2.45, 2.75) is 19.3 Å². The van der Waals surface area contributed by atoms with Gasteiger partial charge in [-0.25, -0.2) is 0 Å². The van der Waals surface area contributed by atoms with E-state index in [1.165, 1.54) is 0 Å². The number of unbranched alkanes of at least 4 members (excludes halogenated alkanes) is 1. The highest BCUT2D eigenvalue weighted by atomic mass is 35.5. The Morgan fingerprint density at radius 3 is 2.88 bits per heavy atom. The molecular formula is C13H17ClN2O. The Morgan fingerprint density at radius 1 is 1.41 bits per heavy atom. The maximum absolute atomic E-state index is 8.38. The molecule has 0 unspecified atom stereocenters. The maximum Gasteiger partial charge on any atom is 0.120 e. The van der Waals surface area contributed by atoms with Crippen LogP contribution in [0.1, 0.15) is 18.4 Å². The highest BCUT2D eigenvalue weighted by Gasteiger charge is 2.01. The summed E-state index contributed by atoms with van der Waals surface area (Å²) < 4.78 is 5.09. The Bertz CT molecular complexity index is 387. The average Bonchev–Trinajstić information content (AvgIpc) is 2.35. The second kappa shape index (κ2) is 7.94. The molecular weight excluding hydrogens is 236 g/mol. The molecule has 92 valence electrons. The molecule has 0 aliphatic rings. The lowest BCUT2D eigenvalue weighted by Gasteiger charge is -2.07. The minimum atomic E-state index is 0.607. The summed E-state index contributed by atoms with van der Waals surface area (Å²) in [6.07, 6.45) is 2.39. The first-order valence-electron chi connectivity index (χ1n) is 5.68. The van der Waals surface area contributed by atoms with E-state index in [4.69, 9.17) is 21.6 Å². The van der Waals surface area contributed by atoms with Crippen LogP contribution in [-0.2, 0) is 6.42 Å². The number of hydrogen-bond acceptors (Lipinski definition) is 3. The van der Waals surface area contributed by atoms with Crippen LogP contribution in [0.2, 0.25) is 5.02 Å².